The van der Waals surface area contributed by atoms with Crippen LogP contribution in [0.4, 0.5) is 5.69 Å². The van der Waals surface area contributed by atoms with Crippen molar-refractivity contribution in [2.45, 2.75) is 0 Å². The second-order valence-corrected chi connectivity index (χ2v) is 4.68. The standard InChI is InChI=1S/C17H14N4O2/c1-23-17-14(8-5-9-18-17)16(22)21-13-10-19-15(20-11-13)12-6-3-2-4-7-12/h2-11H,1H3,(H,21,22). The van der Waals surface area contributed by atoms with Gasteiger partial charge in [-0.05, 0) is 12.1 Å². The molecule has 1 amide bonds. The number of hydrogen-bond donors (Lipinski definition) is 1. The molecule has 0 spiro atoms. The molecule has 0 unspecified atom stereocenters. The molecule has 0 atom stereocenters. The van der Waals surface area contributed by atoms with Crippen LogP contribution in [-0.2, 0) is 0 Å². The van der Waals surface area contributed by atoms with Crippen LogP contribution in [0.15, 0.2) is 61.1 Å². The monoisotopic (exact) mass is 306 g/mol. The molecular weight excluding hydrogens is 292 g/mol. The number of nitrogens with one attached hydrogen (secondary N) is 1. The molecular formula is C17H14N4O2. The molecule has 0 saturated carbocycles. The average Bonchev–Trinajstić information content (AvgIpc) is 2.63. The van der Waals surface area contributed by atoms with Gasteiger partial charge in [0.1, 0.15) is 5.56 Å². The fourth-order valence-corrected chi connectivity index (χ4v) is 2.05. The van der Waals surface area contributed by atoms with Gasteiger partial charge in [-0.15, -0.1) is 0 Å². The van der Waals surface area contributed by atoms with Crippen LogP contribution in [-0.4, -0.2) is 28.0 Å². The molecule has 1 N–H and O–H groups in total. The van der Waals surface area contributed by atoms with Gasteiger partial charge in [0, 0.05) is 11.8 Å². The van der Waals surface area contributed by atoms with Crippen molar-refractivity contribution in [2.24, 2.45) is 0 Å². The van der Waals surface area contributed by atoms with Gasteiger partial charge in [0.25, 0.3) is 5.91 Å². The molecule has 0 aliphatic rings. The van der Waals surface area contributed by atoms with Gasteiger partial charge in [0.05, 0.1) is 25.2 Å². The summed E-state index contributed by atoms with van der Waals surface area (Å²) in [7, 11) is 1.47. The summed E-state index contributed by atoms with van der Waals surface area (Å²) in [6.07, 6.45) is 4.69. The Bertz CT molecular complexity index is 804. The van der Waals surface area contributed by atoms with E-state index in [9.17, 15) is 4.79 Å². The maximum atomic E-state index is 12.3. The number of rotatable bonds is 4. The Kier molecular flexibility index (Phi) is 4.24. The second kappa shape index (κ2) is 6.65. The van der Waals surface area contributed by atoms with E-state index in [0.29, 0.717) is 17.1 Å². The Hall–Kier alpha value is -3.28. The average molecular weight is 306 g/mol. The molecule has 0 fully saturated rings. The van der Waals surface area contributed by atoms with Crippen molar-refractivity contribution in [1.82, 2.24) is 15.0 Å². The number of hydrogen-bond acceptors (Lipinski definition) is 5. The number of anilines is 1. The number of aromatic nitrogens is 3. The Morgan fingerprint density at radius 2 is 1.74 bits per heavy atom. The molecule has 6 heteroatoms. The summed E-state index contributed by atoms with van der Waals surface area (Å²) in [5.41, 5.74) is 1.77. The Morgan fingerprint density at radius 1 is 1.00 bits per heavy atom. The van der Waals surface area contributed by atoms with E-state index in [0.717, 1.165) is 5.56 Å². The summed E-state index contributed by atoms with van der Waals surface area (Å²) in [5, 5.41) is 2.73. The van der Waals surface area contributed by atoms with Crippen LogP contribution in [0, 0.1) is 0 Å². The summed E-state index contributed by atoms with van der Waals surface area (Å²) in [4.78, 5) is 24.8. The van der Waals surface area contributed by atoms with Crippen LogP contribution in [0.2, 0.25) is 0 Å². The minimum atomic E-state index is -0.328. The maximum absolute atomic E-state index is 12.3. The van der Waals surface area contributed by atoms with Crippen LogP contribution in [0.3, 0.4) is 0 Å². The topological polar surface area (TPSA) is 77.0 Å². The molecule has 0 radical (unpaired) electrons. The molecule has 0 aliphatic carbocycles. The van der Waals surface area contributed by atoms with Gasteiger partial charge in [0.2, 0.25) is 5.88 Å². The highest BCUT2D eigenvalue weighted by Crippen LogP contribution is 2.17. The zero-order chi connectivity index (χ0) is 16.1. The Balaban J connectivity index is 1.77. The van der Waals surface area contributed by atoms with Crippen molar-refractivity contribution in [3.63, 3.8) is 0 Å². The fraction of sp³-hybridized carbons (Fsp3) is 0.0588. The minimum absolute atomic E-state index is 0.270. The van der Waals surface area contributed by atoms with E-state index >= 15 is 0 Å². The predicted molar refractivity (Wildman–Crippen MR) is 86.2 cm³/mol. The first-order chi connectivity index (χ1) is 11.3. The van der Waals surface area contributed by atoms with E-state index < -0.39 is 0 Å². The third kappa shape index (κ3) is 3.32. The summed E-state index contributed by atoms with van der Waals surface area (Å²) < 4.78 is 5.08. The van der Waals surface area contributed by atoms with Gasteiger partial charge < -0.3 is 10.1 Å². The normalized spacial score (nSPS) is 10.1. The lowest BCUT2D eigenvalue weighted by molar-refractivity contribution is 0.102. The molecule has 0 bridgehead atoms. The van der Waals surface area contributed by atoms with E-state index in [4.69, 9.17) is 4.74 Å². The van der Waals surface area contributed by atoms with Gasteiger partial charge in [-0.1, -0.05) is 30.3 Å². The number of carbonyl (C=O) groups excluding carboxylic acids is 1. The van der Waals surface area contributed by atoms with Crippen LogP contribution in [0.5, 0.6) is 5.88 Å². The van der Waals surface area contributed by atoms with Gasteiger partial charge >= 0.3 is 0 Å². The van der Waals surface area contributed by atoms with Crippen molar-refractivity contribution in [1.29, 1.82) is 0 Å². The van der Waals surface area contributed by atoms with Crippen molar-refractivity contribution in [2.75, 3.05) is 12.4 Å². The van der Waals surface area contributed by atoms with Gasteiger partial charge in [-0.3, -0.25) is 4.79 Å². The highest BCUT2D eigenvalue weighted by Gasteiger charge is 2.13. The number of nitrogens with zero attached hydrogens (tertiary/aromatic N) is 3. The molecule has 2 aromatic heterocycles. The molecule has 3 aromatic rings. The fourth-order valence-electron chi connectivity index (χ4n) is 2.05. The first-order valence-electron chi connectivity index (χ1n) is 6.96. The molecule has 1 aromatic carbocycles. The van der Waals surface area contributed by atoms with Gasteiger partial charge in [0.15, 0.2) is 5.82 Å². The van der Waals surface area contributed by atoms with E-state index in [1.165, 1.54) is 7.11 Å². The van der Waals surface area contributed by atoms with Crippen LogP contribution >= 0.6 is 0 Å². The number of amides is 1. The lowest BCUT2D eigenvalue weighted by Crippen LogP contribution is -2.14. The summed E-state index contributed by atoms with van der Waals surface area (Å²) >= 11 is 0. The third-order valence-corrected chi connectivity index (χ3v) is 3.15. The van der Waals surface area contributed by atoms with Gasteiger partial charge in [-0.2, -0.15) is 0 Å². The van der Waals surface area contributed by atoms with E-state index in [1.54, 1.807) is 30.7 Å². The van der Waals surface area contributed by atoms with Gasteiger partial charge in [-0.25, -0.2) is 15.0 Å². The largest absolute Gasteiger partial charge is 0.480 e. The number of benzene rings is 1. The summed E-state index contributed by atoms with van der Waals surface area (Å²) in [6.45, 7) is 0. The van der Waals surface area contributed by atoms with E-state index in [1.807, 2.05) is 30.3 Å². The summed E-state index contributed by atoms with van der Waals surface area (Å²) in [6, 6.07) is 12.9. The number of ether oxygens (including phenoxy) is 1. The highest BCUT2D eigenvalue weighted by molar-refractivity contribution is 6.05. The minimum Gasteiger partial charge on any atom is -0.480 e. The van der Waals surface area contributed by atoms with Crippen molar-refractivity contribution < 1.29 is 9.53 Å². The van der Waals surface area contributed by atoms with E-state index in [2.05, 4.69) is 20.3 Å². The lowest BCUT2D eigenvalue weighted by atomic mass is 10.2. The third-order valence-electron chi connectivity index (χ3n) is 3.15. The van der Waals surface area contributed by atoms with E-state index in [-0.39, 0.29) is 11.8 Å². The van der Waals surface area contributed by atoms with Crippen molar-refractivity contribution >= 4 is 11.6 Å². The second-order valence-electron chi connectivity index (χ2n) is 4.68. The highest BCUT2D eigenvalue weighted by atomic mass is 16.5. The van der Waals surface area contributed by atoms with Crippen molar-refractivity contribution in [3.8, 4) is 17.3 Å². The SMILES string of the molecule is COc1ncccc1C(=O)Nc1cnc(-c2ccccc2)nc1. The number of pyridine rings is 1. The quantitative estimate of drug-likeness (QED) is 0.802. The molecule has 23 heavy (non-hydrogen) atoms. The Morgan fingerprint density at radius 3 is 2.43 bits per heavy atom. The van der Waals surface area contributed by atoms with Crippen LogP contribution in [0.25, 0.3) is 11.4 Å². The molecule has 0 aliphatic heterocycles. The lowest BCUT2D eigenvalue weighted by Gasteiger charge is -2.08. The number of carbonyl (C=O) groups is 1. The zero-order valence-electron chi connectivity index (χ0n) is 12.4. The molecule has 114 valence electrons. The molecule has 2 heterocycles. The van der Waals surface area contributed by atoms with Crippen LogP contribution < -0.4 is 10.1 Å². The first-order valence-corrected chi connectivity index (χ1v) is 6.96. The molecule has 3 rings (SSSR count). The molecule has 0 saturated heterocycles. The molecule has 6 nitrogen and oxygen atoms in total. The predicted octanol–water partition coefficient (Wildman–Crippen LogP) is 2.80. The summed E-state index contributed by atoms with van der Waals surface area (Å²) in [5.74, 6) is 0.542. The smallest absolute Gasteiger partial charge is 0.261 e. The first kappa shape index (κ1) is 14.6. The zero-order valence-corrected chi connectivity index (χ0v) is 12.4. The van der Waals surface area contributed by atoms with Crippen molar-refractivity contribution in [3.05, 3.63) is 66.6 Å². The Labute approximate surface area is 133 Å². The van der Waals surface area contributed by atoms with Crippen LogP contribution in [0.1, 0.15) is 10.4 Å². The maximum Gasteiger partial charge on any atom is 0.261 e. The number of methoxy groups -OCH3 is 1.